The topological polar surface area (TPSA) is 102 Å². The number of carboxylic acids is 1. The van der Waals surface area contributed by atoms with Crippen molar-refractivity contribution in [2.45, 2.75) is 64.0 Å². The van der Waals surface area contributed by atoms with E-state index in [0.29, 0.717) is 18.1 Å². The summed E-state index contributed by atoms with van der Waals surface area (Å²) in [4.78, 5) is 23.2. The molecule has 0 bridgehead atoms. The first-order valence-corrected chi connectivity index (χ1v) is 8.55. The first kappa shape index (κ1) is 18.4. The van der Waals surface area contributed by atoms with Crippen molar-refractivity contribution in [3.05, 3.63) is 17.5 Å². The van der Waals surface area contributed by atoms with Crippen LogP contribution in [0.15, 0.2) is 10.6 Å². The van der Waals surface area contributed by atoms with E-state index < -0.39 is 5.97 Å². The summed E-state index contributed by atoms with van der Waals surface area (Å²) in [6, 6.07) is 1.40. The zero-order chi connectivity index (χ0) is 17.4. The van der Waals surface area contributed by atoms with Crippen LogP contribution in [0.3, 0.4) is 0 Å². The average Bonchev–Trinajstić information content (AvgIpc) is 3.03. The second-order valence-electron chi connectivity index (χ2n) is 6.45. The molecule has 0 saturated heterocycles. The van der Waals surface area contributed by atoms with Crippen LogP contribution >= 0.6 is 0 Å². The van der Waals surface area contributed by atoms with Crippen LogP contribution in [0, 0.1) is 5.92 Å². The molecule has 1 aliphatic rings. The number of aromatic nitrogens is 1. The van der Waals surface area contributed by atoms with Gasteiger partial charge in [0.15, 0.2) is 11.5 Å². The largest absolute Gasteiger partial charge is 0.481 e. The number of carbonyl (C=O) groups excluding carboxylic acids is 1. The molecule has 1 unspecified atom stereocenters. The fraction of sp³-hybridized carbons (Fsp3) is 0.706. The maximum Gasteiger partial charge on any atom is 0.303 e. The molecule has 1 fully saturated rings. The van der Waals surface area contributed by atoms with E-state index >= 15 is 0 Å². The van der Waals surface area contributed by atoms with Gasteiger partial charge in [-0.1, -0.05) is 37.3 Å². The lowest BCUT2D eigenvalue weighted by atomic mass is 9.84. The van der Waals surface area contributed by atoms with Gasteiger partial charge >= 0.3 is 5.97 Å². The Morgan fingerprint density at radius 3 is 2.83 bits per heavy atom. The van der Waals surface area contributed by atoms with E-state index in [9.17, 15) is 9.59 Å². The smallest absolute Gasteiger partial charge is 0.303 e. The van der Waals surface area contributed by atoms with Crippen molar-refractivity contribution in [3.8, 4) is 0 Å². The minimum absolute atomic E-state index is 0.0470. The van der Waals surface area contributed by atoms with Crippen LogP contribution in [0.5, 0.6) is 0 Å². The highest BCUT2D eigenvalue weighted by atomic mass is 16.5. The van der Waals surface area contributed by atoms with E-state index in [1.807, 2.05) is 0 Å². The summed E-state index contributed by atoms with van der Waals surface area (Å²) in [6.45, 7) is 0.255. The molecule has 2 N–H and O–H groups in total. The monoisotopic (exact) mass is 338 g/mol. The molecule has 1 aliphatic carbocycles. The number of amides is 1. The third-order valence-electron chi connectivity index (χ3n) is 4.46. The van der Waals surface area contributed by atoms with E-state index in [4.69, 9.17) is 14.4 Å². The van der Waals surface area contributed by atoms with Gasteiger partial charge < -0.3 is 19.7 Å². The lowest BCUT2D eigenvalue weighted by molar-refractivity contribution is -0.137. The Bertz CT molecular complexity index is 537. The fourth-order valence-electron chi connectivity index (χ4n) is 3.26. The molecule has 1 saturated carbocycles. The summed E-state index contributed by atoms with van der Waals surface area (Å²) < 4.78 is 9.96. The number of methoxy groups -OCH3 is 1. The van der Waals surface area contributed by atoms with Crippen LogP contribution in [0.1, 0.15) is 67.6 Å². The molecule has 7 heteroatoms. The highest BCUT2D eigenvalue weighted by molar-refractivity contribution is 5.92. The molecule has 1 heterocycles. The highest BCUT2D eigenvalue weighted by Crippen LogP contribution is 2.28. The minimum Gasteiger partial charge on any atom is -0.481 e. The van der Waals surface area contributed by atoms with Gasteiger partial charge in [0, 0.05) is 25.6 Å². The molecule has 2 rings (SSSR count). The number of carboxylic acid groups (broad SMARTS) is 1. The van der Waals surface area contributed by atoms with Gasteiger partial charge in [0.05, 0.1) is 0 Å². The summed E-state index contributed by atoms with van der Waals surface area (Å²) in [7, 11) is 1.54. The molecular weight excluding hydrogens is 312 g/mol. The number of nitrogens with one attached hydrogen (secondary N) is 1. The van der Waals surface area contributed by atoms with Crippen molar-refractivity contribution in [2.24, 2.45) is 5.92 Å². The van der Waals surface area contributed by atoms with Crippen LogP contribution < -0.4 is 5.32 Å². The van der Waals surface area contributed by atoms with E-state index in [1.54, 1.807) is 6.07 Å². The molecule has 0 aliphatic heterocycles. The lowest BCUT2D eigenvalue weighted by Crippen LogP contribution is -2.37. The minimum atomic E-state index is -0.846. The van der Waals surface area contributed by atoms with Crippen molar-refractivity contribution in [1.82, 2.24) is 10.5 Å². The van der Waals surface area contributed by atoms with Crippen molar-refractivity contribution in [1.29, 1.82) is 0 Å². The Labute approximate surface area is 141 Å². The molecule has 0 radical (unpaired) electrons. The number of aliphatic carboxylic acids is 1. The molecular formula is C17H26N2O5. The number of hydrogen-bond donors (Lipinski definition) is 2. The summed E-state index contributed by atoms with van der Waals surface area (Å²) in [5.74, 6) is -0.134. The molecule has 24 heavy (non-hydrogen) atoms. The Morgan fingerprint density at radius 2 is 2.17 bits per heavy atom. The summed E-state index contributed by atoms with van der Waals surface area (Å²) in [5, 5.41) is 15.6. The Kier molecular flexibility index (Phi) is 7.24. The van der Waals surface area contributed by atoms with Crippen LogP contribution in [0.2, 0.25) is 0 Å². The normalized spacial score (nSPS) is 16.7. The molecule has 1 aromatic heterocycles. The first-order chi connectivity index (χ1) is 11.6. The molecule has 1 aromatic rings. The third kappa shape index (κ3) is 5.96. The Morgan fingerprint density at radius 1 is 1.42 bits per heavy atom. The molecule has 134 valence electrons. The van der Waals surface area contributed by atoms with Crippen LogP contribution in [0.4, 0.5) is 0 Å². The Balaban J connectivity index is 1.93. The van der Waals surface area contributed by atoms with Crippen molar-refractivity contribution < 1.29 is 24.0 Å². The van der Waals surface area contributed by atoms with Gasteiger partial charge in [-0.05, 0) is 18.8 Å². The van der Waals surface area contributed by atoms with Gasteiger partial charge in [0.2, 0.25) is 0 Å². The van der Waals surface area contributed by atoms with Gasteiger partial charge in [0.1, 0.15) is 6.61 Å². The maximum absolute atomic E-state index is 12.3. The van der Waals surface area contributed by atoms with E-state index in [2.05, 4.69) is 10.5 Å². The number of nitrogens with zero attached hydrogens (tertiary/aromatic N) is 1. The van der Waals surface area contributed by atoms with Gasteiger partial charge in [-0.25, -0.2) is 0 Å². The third-order valence-corrected chi connectivity index (χ3v) is 4.46. The van der Waals surface area contributed by atoms with Gasteiger partial charge in [-0.15, -0.1) is 0 Å². The number of ether oxygens (including phenoxy) is 1. The number of rotatable bonds is 9. The van der Waals surface area contributed by atoms with Crippen molar-refractivity contribution >= 4 is 11.9 Å². The van der Waals surface area contributed by atoms with Gasteiger partial charge in [-0.3, -0.25) is 9.59 Å². The highest BCUT2D eigenvalue weighted by Gasteiger charge is 2.23. The fourth-order valence-corrected chi connectivity index (χ4v) is 3.26. The standard InChI is InChI=1S/C17H26N2O5/c1-23-11-14-10-15(19-24-14)17(22)18-13(7-8-16(20)21)9-12-5-3-2-4-6-12/h10,12-13H,2-9,11H2,1H3,(H,18,22)(H,20,21). The second kappa shape index (κ2) is 9.42. The van der Waals surface area contributed by atoms with E-state index in [-0.39, 0.29) is 30.7 Å². The van der Waals surface area contributed by atoms with Crippen LogP contribution in [-0.4, -0.2) is 35.3 Å². The maximum atomic E-state index is 12.3. The summed E-state index contributed by atoms with van der Waals surface area (Å²) in [6.07, 6.45) is 7.31. The van der Waals surface area contributed by atoms with Crippen molar-refractivity contribution in [3.63, 3.8) is 0 Å². The number of carbonyl (C=O) groups is 2. The zero-order valence-electron chi connectivity index (χ0n) is 14.1. The molecule has 0 spiro atoms. The van der Waals surface area contributed by atoms with Gasteiger partial charge in [-0.2, -0.15) is 0 Å². The Hall–Kier alpha value is -1.89. The zero-order valence-corrected chi connectivity index (χ0v) is 14.1. The summed E-state index contributed by atoms with van der Waals surface area (Å²) >= 11 is 0. The number of hydrogen-bond acceptors (Lipinski definition) is 5. The second-order valence-corrected chi connectivity index (χ2v) is 6.45. The average molecular weight is 338 g/mol. The predicted octanol–water partition coefficient (Wildman–Crippen LogP) is 2.75. The molecule has 0 aromatic carbocycles. The first-order valence-electron chi connectivity index (χ1n) is 8.55. The van der Waals surface area contributed by atoms with Gasteiger partial charge in [0.25, 0.3) is 5.91 Å². The SMILES string of the molecule is COCc1cc(C(=O)NC(CCC(=O)O)CC2CCCCC2)no1. The van der Waals surface area contributed by atoms with Crippen molar-refractivity contribution in [2.75, 3.05) is 7.11 Å². The van der Waals surface area contributed by atoms with Crippen LogP contribution in [0.25, 0.3) is 0 Å². The molecule has 1 atom stereocenters. The summed E-state index contributed by atoms with van der Waals surface area (Å²) in [5.41, 5.74) is 0.200. The molecule has 7 nitrogen and oxygen atoms in total. The predicted molar refractivity (Wildman–Crippen MR) is 86.5 cm³/mol. The quantitative estimate of drug-likeness (QED) is 0.718. The van der Waals surface area contributed by atoms with E-state index in [0.717, 1.165) is 19.3 Å². The molecule has 1 amide bonds. The van der Waals surface area contributed by atoms with Crippen LogP contribution in [-0.2, 0) is 16.1 Å². The lowest BCUT2D eigenvalue weighted by Gasteiger charge is -2.26. The van der Waals surface area contributed by atoms with E-state index in [1.165, 1.54) is 26.4 Å².